The van der Waals surface area contributed by atoms with Gasteiger partial charge in [0.25, 0.3) is 0 Å². The number of hydrogen-bond acceptors (Lipinski definition) is 4. The summed E-state index contributed by atoms with van der Waals surface area (Å²) in [4.78, 5) is 12.5. The first-order chi connectivity index (χ1) is 9.39. The molecule has 5 nitrogen and oxygen atoms in total. The van der Waals surface area contributed by atoms with Crippen LogP contribution in [0.3, 0.4) is 0 Å². The highest BCUT2D eigenvalue weighted by Crippen LogP contribution is 2.29. The van der Waals surface area contributed by atoms with E-state index >= 15 is 0 Å². The number of anilines is 1. The van der Waals surface area contributed by atoms with Crippen molar-refractivity contribution in [2.75, 3.05) is 29.5 Å². The molecule has 0 unspecified atom stereocenters. The summed E-state index contributed by atoms with van der Waals surface area (Å²) in [5.74, 6) is -0.861. The maximum Gasteiger partial charge on any atom is 0.328 e. The van der Waals surface area contributed by atoms with E-state index in [1.807, 2.05) is 11.0 Å². The van der Waals surface area contributed by atoms with E-state index in [0.29, 0.717) is 23.7 Å². The van der Waals surface area contributed by atoms with Crippen molar-refractivity contribution in [2.45, 2.75) is 0 Å². The average Bonchev–Trinajstić information content (AvgIpc) is 2.37. The number of sulfone groups is 1. The van der Waals surface area contributed by atoms with Crippen molar-refractivity contribution in [2.24, 2.45) is 0 Å². The van der Waals surface area contributed by atoms with Crippen molar-refractivity contribution in [3.63, 3.8) is 0 Å². The minimum absolute atomic E-state index is 0.0988. The molecule has 1 N–H and O–H groups in total. The van der Waals surface area contributed by atoms with Crippen LogP contribution < -0.4 is 4.90 Å². The second kappa shape index (κ2) is 5.85. The van der Waals surface area contributed by atoms with E-state index in [-0.39, 0.29) is 11.5 Å². The van der Waals surface area contributed by atoms with Crippen LogP contribution in [-0.4, -0.2) is 44.1 Å². The third-order valence-electron chi connectivity index (χ3n) is 3.11. The maximum absolute atomic E-state index is 11.4. The van der Waals surface area contributed by atoms with E-state index in [1.165, 1.54) is 6.08 Å². The number of benzene rings is 1. The normalized spacial score (nSPS) is 18.4. The Morgan fingerprint density at radius 1 is 1.30 bits per heavy atom. The molecule has 1 saturated heterocycles. The molecule has 108 valence electrons. The van der Waals surface area contributed by atoms with Crippen LogP contribution in [0.2, 0.25) is 5.02 Å². The van der Waals surface area contributed by atoms with Gasteiger partial charge in [0, 0.05) is 35.4 Å². The number of carboxylic acids is 1. The summed E-state index contributed by atoms with van der Waals surface area (Å²) in [5, 5.41) is 9.15. The standard InChI is InChI=1S/C13H14ClNO4S/c14-11-2-1-3-12(10(11)4-5-13(16)17)15-6-8-20(18,19)9-7-15/h1-5H,6-9H2,(H,16,17)/b5-4+. The first-order valence-electron chi connectivity index (χ1n) is 6.04. The third-order valence-corrected chi connectivity index (χ3v) is 5.05. The fourth-order valence-electron chi connectivity index (χ4n) is 2.07. The highest BCUT2D eigenvalue weighted by molar-refractivity contribution is 7.91. The first kappa shape index (κ1) is 14.9. The molecule has 7 heteroatoms. The van der Waals surface area contributed by atoms with Crippen LogP contribution in [-0.2, 0) is 14.6 Å². The van der Waals surface area contributed by atoms with Gasteiger partial charge in [-0.15, -0.1) is 0 Å². The molecular weight excluding hydrogens is 302 g/mol. The molecule has 0 saturated carbocycles. The third kappa shape index (κ3) is 3.52. The summed E-state index contributed by atoms with van der Waals surface area (Å²) >= 11 is 6.10. The lowest BCUT2D eigenvalue weighted by molar-refractivity contribution is -0.131. The molecule has 20 heavy (non-hydrogen) atoms. The predicted molar refractivity (Wildman–Crippen MR) is 79.0 cm³/mol. The number of halogens is 1. The molecule has 0 aromatic heterocycles. The van der Waals surface area contributed by atoms with Crippen molar-refractivity contribution in [1.29, 1.82) is 0 Å². The predicted octanol–water partition coefficient (Wildman–Crippen LogP) is 1.67. The van der Waals surface area contributed by atoms with Gasteiger partial charge in [0.05, 0.1) is 11.5 Å². The average molecular weight is 316 g/mol. The van der Waals surface area contributed by atoms with Crippen LogP contribution in [0.5, 0.6) is 0 Å². The molecule has 1 aromatic rings. The van der Waals surface area contributed by atoms with E-state index in [9.17, 15) is 13.2 Å². The van der Waals surface area contributed by atoms with Gasteiger partial charge in [0.2, 0.25) is 0 Å². The second-order valence-corrected chi connectivity index (χ2v) is 7.19. The number of hydrogen-bond donors (Lipinski definition) is 1. The number of nitrogens with zero attached hydrogens (tertiary/aromatic N) is 1. The summed E-state index contributed by atoms with van der Waals surface area (Å²) < 4.78 is 22.9. The Morgan fingerprint density at radius 3 is 2.55 bits per heavy atom. The maximum atomic E-state index is 11.4. The lowest BCUT2D eigenvalue weighted by Crippen LogP contribution is -2.40. The summed E-state index contributed by atoms with van der Waals surface area (Å²) in [6, 6.07) is 5.25. The SMILES string of the molecule is O=C(O)/C=C/c1c(Cl)cccc1N1CCS(=O)(=O)CC1. The van der Waals surface area contributed by atoms with Gasteiger partial charge < -0.3 is 10.0 Å². The van der Waals surface area contributed by atoms with Crippen molar-refractivity contribution < 1.29 is 18.3 Å². The fourth-order valence-corrected chi connectivity index (χ4v) is 3.51. The number of aliphatic carboxylic acids is 1. The Balaban J connectivity index is 2.32. The minimum Gasteiger partial charge on any atom is -0.478 e. The summed E-state index contributed by atoms with van der Waals surface area (Å²) in [6.07, 6.45) is 2.45. The van der Waals surface area contributed by atoms with Crippen molar-refractivity contribution in [3.8, 4) is 0 Å². The van der Waals surface area contributed by atoms with E-state index < -0.39 is 15.8 Å². The minimum atomic E-state index is -2.96. The molecule has 1 heterocycles. The lowest BCUT2D eigenvalue weighted by atomic mass is 10.1. The number of rotatable bonds is 3. The monoisotopic (exact) mass is 315 g/mol. The van der Waals surface area contributed by atoms with Crippen LogP contribution >= 0.6 is 11.6 Å². The van der Waals surface area contributed by atoms with Gasteiger partial charge in [-0.1, -0.05) is 17.7 Å². The largest absolute Gasteiger partial charge is 0.478 e. The Morgan fingerprint density at radius 2 is 1.95 bits per heavy atom. The highest BCUT2D eigenvalue weighted by atomic mass is 35.5. The van der Waals surface area contributed by atoms with Gasteiger partial charge in [-0.3, -0.25) is 0 Å². The van der Waals surface area contributed by atoms with E-state index in [2.05, 4.69) is 0 Å². The molecule has 1 aliphatic rings. The topological polar surface area (TPSA) is 74.7 Å². The smallest absolute Gasteiger partial charge is 0.328 e. The van der Waals surface area contributed by atoms with Gasteiger partial charge in [-0.25, -0.2) is 13.2 Å². The van der Waals surface area contributed by atoms with E-state index in [4.69, 9.17) is 16.7 Å². The molecule has 0 amide bonds. The van der Waals surface area contributed by atoms with E-state index in [1.54, 1.807) is 12.1 Å². The number of carbonyl (C=O) groups is 1. The van der Waals surface area contributed by atoms with Gasteiger partial charge in [0.1, 0.15) is 0 Å². The Bertz CT molecular complexity index is 640. The van der Waals surface area contributed by atoms with Crippen molar-refractivity contribution >= 4 is 39.2 Å². The van der Waals surface area contributed by atoms with Gasteiger partial charge in [-0.05, 0) is 18.2 Å². The molecule has 2 rings (SSSR count). The van der Waals surface area contributed by atoms with Crippen LogP contribution in [0.4, 0.5) is 5.69 Å². The second-order valence-electron chi connectivity index (χ2n) is 4.48. The molecule has 1 fully saturated rings. The fraction of sp³-hybridized carbons (Fsp3) is 0.308. The Labute approximate surface area is 122 Å². The quantitative estimate of drug-likeness (QED) is 0.859. The molecule has 0 radical (unpaired) electrons. The molecule has 0 spiro atoms. The zero-order valence-corrected chi connectivity index (χ0v) is 12.2. The molecule has 1 aliphatic heterocycles. The Kier molecular flexibility index (Phi) is 4.35. The Hall–Kier alpha value is -1.53. The van der Waals surface area contributed by atoms with Crippen LogP contribution in [0.15, 0.2) is 24.3 Å². The van der Waals surface area contributed by atoms with Crippen LogP contribution in [0.1, 0.15) is 5.56 Å². The summed E-state index contributed by atoms with van der Waals surface area (Å²) in [6.45, 7) is 0.771. The zero-order chi connectivity index (χ0) is 14.8. The van der Waals surface area contributed by atoms with E-state index in [0.717, 1.165) is 11.8 Å². The van der Waals surface area contributed by atoms with Crippen LogP contribution in [0.25, 0.3) is 6.08 Å². The lowest BCUT2D eigenvalue weighted by Gasteiger charge is -2.30. The first-order valence-corrected chi connectivity index (χ1v) is 8.24. The molecule has 1 aromatic carbocycles. The van der Waals surface area contributed by atoms with Crippen molar-refractivity contribution in [3.05, 3.63) is 34.9 Å². The summed E-state index contributed by atoms with van der Waals surface area (Å²) in [5.41, 5.74) is 1.35. The summed E-state index contributed by atoms with van der Waals surface area (Å²) in [7, 11) is -2.96. The zero-order valence-electron chi connectivity index (χ0n) is 10.6. The molecular formula is C13H14ClNO4S. The van der Waals surface area contributed by atoms with Crippen LogP contribution in [0, 0.1) is 0 Å². The van der Waals surface area contributed by atoms with Gasteiger partial charge >= 0.3 is 5.97 Å². The highest BCUT2D eigenvalue weighted by Gasteiger charge is 2.23. The van der Waals surface area contributed by atoms with Gasteiger partial charge in [-0.2, -0.15) is 0 Å². The van der Waals surface area contributed by atoms with Crippen molar-refractivity contribution in [1.82, 2.24) is 0 Å². The molecule has 0 atom stereocenters. The molecule has 0 bridgehead atoms. The number of carboxylic acid groups (broad SMARTS) is 1. The molecule has 0 aliphatic carbocycles. The van der Waals surface area contributed by atoms with Gasteiger partial charge in [0.15, 0.2) is 9.84 Å².